The van der Waals surface area contributed by atoms with Gasteiger partial charge in [0, 0.05) is 31.7 Å². The molecule has 0 saturated carbocycles. The summed E-state index contributed by atoms with van der Waals surface area (Å²) < 4.78 is 10.6. The van der Waals surface area contributed by atoms with Crippen LogP contribution in [0.5, 0.6) is 11.5 Å². The third kappa shape index (κ3) is 2.72. The highest BCUT2D eigenvalue weighted by Crippen LogP contribution is 2.34. The molecule has 1 spiro atoms. The lowest BCUT2D eigenvalue weighted by Crippen LogP contribution is -2.61. The Morgan fingerprint density at radius 2 is 1.92 bits per heavy atom. The molecule has 0 atom stereocenters. The number of amides is 2. The molecule has 0 radical (unpaired) electrons. The number of fused-ring (bicyclic) bond motifs is 1. The van der Waals surface area contributed by atoms with Crippen molar-refractivity contribution in [3.63, 3.8) is 0 Å². The topological polar surface area (TPSA) is 71.1 Å². The SMILES string of the molecule is CN1CCCNC(=O)C12CCN(C(=O)c1ccc3c(c1)OCO3)CC2. The first kappa shape index (κ1) is 16.2. The minimum Gasteiger partial charge on any atom is -0.454 e. The number of nitrogens with zero attached hydrogens (tertiary/aromatic N) is 2. The fourth-order valence-corrected chi connectivity index (χ4v) is 3.97. The maximum absolute atomic E-state index is 12.8. The third-order valence-electron chi connectivity index (χ3n) is 5.61. The number of ether oxygens (including phenoxy) is 2. The van der Waals surface area contributed by atoms with Crippen LogP contribution in [0.15, 0.2) is 18.2 Å². The lowest BCUT2D eigenvalue weighted by molar-refractivity contribution is -0.134. The average molecular weight is 345 g/mol. The van der Waals surface area contributed by atoms with Crippen molar-refractivity contribution in [3.8, 4) is 11.5 Å². The fraction of sp³-hybridized carbons (Fsp3) is 0.556. The molecule has 0 bridgehead atoms. The first-order valence-electron chi connectivity index (χ1n) is 8.79. The number of rotatable bonds is 1. The smallest absolute Gasteiger partial charge is 0.253 e. The Balaban J connectivity index is 1.48. The number of likely N-dealkylation sites (N-methyl/N-ethyl adjacent to an activating group) is 1. The van der Waals surface area contributed by atoms with Gasteiger partial charge in [-0.25, -0.2) is 0 Å². The van der Waals surface area contributed by atoms with Gasteiger partial charge in [0.1, 0.15) is 5.54 Å². The molecule has 2 amide bonds. The Bertz CT molecular complexity index is 698. The number of benzene rings is 1. The van der Waals surface area contributed by atoms with Gasteiger partial charge in [-0.2, -0.15) is 0 Å². The number of carbonyl (C=O) groups excluding carboxylic acids is 2. The highest BCUT2D eigenvalue weighted by atomic mass is 16.7. The molecule has 134 valence electrons. The number of piperidine rings is 1. The van der Waals surface area contributed by atoms with Gasteiger partial charge in [-0.1, -0.05) is 0 Å². The third-order valence-corrected chi connectivity index (χ3v) is 5.61. The number of carbonyl (C=O) groups is 2. The number of hydrogen-bond acceptors (Lipinski definition) is 5. The molecule has 25 heavy (non-hydrogen) atoms. The summed E-state index contributed by atoms with van der Waals surface area (Å²) in [6.07, 6.45) is 2.28. The highest BCUT2D eigenvalue weighted by molar-refractivity contribution is 5.95. The molecule has 0 aliphatic carbocycles. The van der Waals surface area contributed by atoms with E-state index in [-0.39, 0.29) is 18.6 Å². The summed E-state index contributed by atoms with van der Waals surface area (Å²) in [7, 11) is 2.01. The van der Waals surface area contributed by atoms with Crippen molar-refractivity contribution < 1.29 is 19.1 Å². The van der Waals surface area contributed by atoms with Gasteiger partial charge in [0.25, 0.3) is 5.91 Å². The monoisotopic (exact) mass is 345 g/mol. The van der Waals surface area contributed by atoms with Gasteiger partial charge in [-0.05, 0) is 44.5 Å². The molecule has 4 rings (SSSR count). The van der Waals surface area contributed by atoms with Crippen LogP contribution in [0.25, 0.3) is 0 Å². The molecular formula is C18H23N3O4. The largest absolute Gasteiger partial charge is 0.454 e. The van der Waals surface area contributed by atoms with Gasteiger partial charge in [0.05, 0.1) is 0 Å². The van der Waals surface area contributed by atoms with Crippen LogP contribution in [0.4, 0.5) is 0 Å². The summed E-state index contributed by atoms with van der Waals surface area (Å²) in [5, 5.41) is 3.02. The van der Waals surface area contributed by atoms with E-state index in [1.54, 1.807) is 18.2 Å². The van der Waals surface area contributed by atoms with Crippen molar-refractivity contribution in [3.05, 3.63) is 23.8 Å². The van der Waals surface area contributed by atoms with E-state index in [0.29, 0.717) is 43.0 Å². The normalized spacial score (nSPS) is 22.6. The van der Waals surface area contributed by atoms with Crippen molar-refractivity contribution in [2.45, 2.75) is 24.8 Å². The van der Waals surface area contributed by atoms with E-state index < -0.39 is 5.54 Å². The summed E-state index contributed by atoms with van der Waals surface area (Å²) >= 11 is 0. The highest BCUT2D eigenvalue weighted by Gasteiger charge is 2.46. The lowest BCUT2D eigenvalue weighted by atomic mass is 9.85. The Morgan fingerprint density at radius 3 is 2.72 bits per heavy atom. The number of hydrogen-bond donors (Lipinski definition) is 1. The van der Waals surface area contributed by atoms with Crippen LogP contribution >= 0.6 is 0 Å². The van der Waals surface area contributed by atoms with Crippen LogP contribution in [0, 0.1) is 0 Å². The molecule has 1 N–H and O–H groups in total. The first-order chi connectivity index (χ1) is 12.1. The number of nitrogens with one attached hydrogen (secondary N) is 1. The molecule has 3 heterocycles. The lowest BCUT2D eigenvalue weighted by Gasteiger charge is -2.44. The number of likely N-dealkylation sites (tertiary alicyclic amines) is 1. The average Bonchev–Trinajstić information content (AvgIpc) is 3.07. The van der Waals surface area contributed by atoms with Gasteiger partial charge in [0.2, 0.25) is 12.7 Å². The van der Waals surface area contributed by atoms with Crippen molar-refractivity contribution in [2.24, 2.45) is 0 Å². The standard InChI is InChI=1S/C18H23N3O4/c1-20-8-2-7-19-17(23)18(20)5-9-21(10-6-18)16(22)13-3-4-14-15(11-13)25-12-24-14/h3-4,11H,2,5-10,12H2,1H3,(H,19,23). The van der Waals surface area contributed by atoms with Crippen LogP contribution < -0.4 is 14.8 Å². The maximum atomic E-state index is 12.8. The zero-order valence-electron chi connectivity index (χ0n) is 14.4. The van der Waals surface area contributed by atoms with Gasteiger partial charge >= 0.3 is 0 Å². The second-order valence-electron chi connectivity index (χ2n) is 6.92. The Morgan fingerprint density at radius 1 is 1.16 bits per heavy atom. The Hall–Kier alpha value is -2.28. The van der Waals surface area contributed by atoms with E-state index in [9.17, 15) is 9.59 Å². The van der Waals surface area contributed by atoms with Crippen molar-refractivity contribution in [2.75, 3.05) is 40.0 Å². The quantitative estimate of drug-likeness (QED) is 0.817. The minimum atomic E-state index is -0.484. The molecule has 7 nitrogen and oxygen atoms in total. The predicted molar refractivity (Wildman–Crippen MR) is 90.7 cm³/mol. The summed E-state index contributed by atoms with van der Waals surface area (Å²) in [5.74, 6) is 1.36. The fourth-order valence-electron chi connectivity index (χ4n) is 3.97. The van der Waals surface area contributed by atoms with E-state index in [2.05, 4.69) is 10.2 Å². The van der Waals surface area contributed by atoms with Crippen molar-refractivity contribution in [1.29, 1.82) is 0 Å². The molecule has 2 saturated heterocycles. The molecule has 2 fully saturated rings. The summed E-state index contributed by atoms with van der Waals surface area (Å²) in [5.41, 5.74) is 0.112. The molecule has 7 heteroatoms. The van der Waals surface area contributed by atoms with Crippen molar-refractivity contribution >= 4 is 11.8 Å². The van der Waals surface area contributed by atoms with Crippen LogP contribution in [0.3, 0.4) is 0 Å². The Kier molecular flexibility index (Phi) is 4.03. The maximum Gasteiger partial charge on any atom is 0.253 e. The molecule has 3 aliphatic heterocycles. The Labute approximate surface area is 146 Å². The molecule has 1 aromatic rings. The second-order valence-corrected chi connectivity index (χ2v) is 6.92. The van der Waals surface area contributed by atoms with Crippen LogP contribution in [-0.4, -0.2) is 67.2 Å². The van der Waals surface area contributed by atoms with Gasteiger partial charge < -0.3 is 19.7 Å². The zero-order chi connectivity index (χ0) is 17.4. The van der Waals surface area contributed by atoms with Gasteiger partial charge in [-0.15, -0.1) is 0 Å². The molecule has 3 aliphatic rings. The summed E-state index contributed by atoms with van der Waals surface area (Å²) in [6.45, 7) is 2.97. The summed E-state index contributed by atoms with van der Waals surface area (Å²) in [4.78, 5) is 29.4. The zero-order valence-corrected chi connectivity index (χ0v) is 14.4. The van der Waals surface area contributed by atoms with E-state index >= 15 is 0 Å². The van der Waals surface area contributed by atoms with E-state index in [1.165, 1.54) is 0 Å². The van der Waals surface area contributed by atoms with Gasteiger partial charge in [-0.3, -0.25) is 14.5 Å². The molecule has 0 unspecified atom stereocenters. The molecule has 1 aromatic carbocycles. The van der Waals surface area contributed by atoms with Crippen molar-refractivity contribution in [1.82, 2.24) is 15.1 Å². The van der Waals surface area contributed by atoms with Crippen LogP contribution in [-0.2, 0) is 4.79 Å². The minimum absolute atomic E-state index is 0.0233. The van der Waals surface area contributed by atoms with E-state index in [1.807, 2.05) is 11.9 Å². The molecular weight excluding hydrogens is 322 g/mol. The second kappa shape index (κ2) is 6.22. The van der Waals surface area contributed by atoms with Crippen LogP contribution in [0.2, 0.25) is 0 Å². The first-order valence-corrected chi connectivity index (χ1v) is 8.79. The molecule has 0 aromatic heterocycles. The predicted octanol–water partition coefficient (Wildman–Crippen LogP) is 0.842. The van der Waals surface area contributed by atoms with E-state index in [0.717, 1.165) is 19.5 Å². The summed E-state index contributed by atoms with van der Waals surface area (Å²) in [6, 6.07) is 5.28. The van der Waals surface area contributed by atoms with Crippen LogP contribution in [0.1, 0.15) is 29.6 Å². The van der Waals surface area contributed by atoms with Gasteiger partial charge in [0.15, 0.2) is 11.5 Å². The van der Waals surface area contributed by atoms with E-state index in [4.69, 9.17) is 9.47 Å².